The van der Waals surface area contributed by atoms with Gasteiger partial charge in [0.05, 0.1) is 18.7 Å². The summed E-state index contributed by atoms with van der Waals surface area (Å²) >= 11 is 0. The number of hydrogen-bond donors (Lipinski definition) is 1. The molecule has 3 heterocycles. The molecule has 1 aromatic heterocycles. The zero-order valence-corrected chi connectivity index (χ0v) is 23.5. The SMILES string of the molecule is CC(C)c1noc(N2CCC([C@H](C)CCOc3ccc([C@H](C)[C@H](N)C(=O)N4CCC[C@H]4C#N)c(F)c3)CC2)n1. The molecule has 0 bridgehead atoms. The maximum atomic E-state index is 15.0. The van der Waals surface area contributed by atoms with Crippen molar-refractivity contribution >= 4 is 11.9 Å². The maximum Gasteiger partial charge on any atom is 0.324 e. The predicted molar refractivity (Wildman–Crippen MR) is 146 cm³/mol. The Kier molecular flexibility index (Phi) is 9.44. The molecule has 4 rings (SSSR count). The number of piperidine rings is 1. The summed E-state index contributed by atoms with van der Waals surface area (Å²) in [5, 5.41) is 13.3. The number of likely N-dealkylation sites (tertiary alicyclic amines) is 1. The minimum atomic E-state index is -0.912. The molecule has 2 aromatic rings. The van der Waals surface area contributed by atoms with Gasteiger partial charge in [-0.1, -0.05) is 38.9 Å². The second kappa shape index (κ2) is 12.8. The lowest BCUT2D eigenvalue weighted by molar-refractivity contribution is -0.133. The summed E-state index contributed by atoms with van der Waals surface area (Å²) in [6.45, 7) is 10.9. The van der Waals surface area contributed by atoms with Crippen molar-refractivity contribution in [2.45, 2.75) is 83.7 Å². The zero-order valence-electron chi connectivity index (χ0n) is 23.5. The topological polar surface area (TPSA) is 122 Å². The monoisotopic (exact) mass is 540 g/mol. The van der Waals surface area contributed by atoms with Crippen LogP contribution in [0.2, 0.25) is 0 Å². The van der Waals surface area contributed by atoms with Crippen LogP contribution in [-0.2, 0) is 4.79 Å². The van der Waals surface area contributed by atoms with E-state index in [4.69, 9.17) is 15.0 Å². The summed E-state index contributed by atoms with van der Waals surface area (Å²) in [5.41, 5.74) is 6.59. The van der Waals surface area contributed by atoms with Crippen molar-refractivity contribution in [1.29, 1.82) is 5.26 Å². The van der Waals surface area contributed by atoms with Crippen molar-refractivity contribution in [3.8, 4) is 11.8 Å². The van der Waals surface area contributed by atoms with Crippen molar-refractivity contribution < 1.29 is 18.4 Å². The smallest absolute Gasteiger partial charge is 0.324 e. The molecule has 10 heteroatoms. The van der Waals surface area contributed by atoms with Crippen LogP contribution >= 0.6 is 0 Å². The van der Waals surface area contributed by atoms with Crippen molar-refractivity contribution in [3.05, 3.63) is 35.4 Å². The van der Waals surface area contributed by atoms with Gasteiger partial charge in [0.25, 0.3) is 0 Å². The van der Waals surface area contributed by atoms with Crippen molar-refractivity contribution in [2.24, 2.45) is 17.6 Å². The van der Waals surface area contributed by atoms with Crippen LogP contribution < -0.4 is 15.4 Å². The van der Waals surface area contributed by atoms with E-state index in [2.05, 4.69) is 28.0 Å². The molecule has 2 aliphatic heterocycles. The highest BCUT2D eigenvalue weighted by atomic mass is 19.1. The van der Waals surface area contributed by atoms with Gasteiger partial charge in [-0.25, -0.2) is 4.39 Å². The van der Waals surface area contributed by atoms with E-state index in [0.717, 1.165) is 44.6 Å². The van der Waals surface area contributed by atoms with Crippen LogP contribution in [0, 0.1) is 29.0 Å². The van der Waals surface area contributed by atoms with Crippen molar-refractivity contribution in [1.82, 2.24) is 15.0 Å². The number of nitrogens with zero attached hydrogens (tertiary/aromatic N) is 5. The molecular weight excluding hydrogens is 499 g/mol. The van der Waals surface area contributed by atoms with Crippen LogP contribution in [0.4, 0.5) is 10.4 Å². The molecule has 212 valence electrons. The Bertz CT molecular complexity index is 1160. The molecule has 2 saturated heterocycles. The number of nitriles is 1. The fourth-order valence-electron chi connectivity index (χ4n) is 5.58. The number of ether oxygens (including phenoxy) is 1. The van der Waals surface area contributed by atoms with Crippen LogP contribution in [0.5, 0.6) is 5.75 Å². The molecule has 9 nitrogen and oxygen atoms in total. The van der Waals surface area contributed by atoms with Gasteiger partial charge in [0.1, 0.15) is 17.6 Å². The van der Waals surface area contributed by atoms with E-state index in [-0.39, 0.29) is 11.8 Å². The first kappa shape index (κ1) is 28.8. The predicted octanol–water partition coefficient (Wildman–Crippen LogP) is 4.60. The van der Waals surface area contributed by atoms with E-state index >= 15 is 4.39 Å². The van der Waals surface area contributed by atoms with Gasteiger partial charge < -0.3 is 24.8 Å². The van der Waals surface area contributed by atoms with Crippen LogP contribution in [-0.4, -0.2) is 59.3 Å². The van der Waals surface area contributed by atoms with Crippen LogP contribution in [0.1, 0.15) is 83.0 Å². The van der Waals surface area contributed by atoms with Gasteiger partial charge in [-0.2, -0.15) is 10.2 Å². The van der Waals surface area contributed by atoms with Gasteiger partial charge in [0.2, 0.25) is 5.91 Å². The Hall–Kier alpha value is -3.19. The molecule has 39 heavy (non-hydrogen) atoms. The number of nitrogens with two attached hydrogens (primary N) is 1. The average molecular weight is 541 g/mol. The van der Waals surface area contributed by atoms with Crippen molar-refractivity contribution in [2.75, 3.05) is 31.1 Å². The van der Waals surface area contributed by atoms with Crippen LogP contribution in [0.15, 0.2) is 22.7 Å². The minimum absolute atomic E-state index is 0.243. The molecular formula is C29H41FN6O3. The number of carbonyl (C=O) groups is 1. The third kappa shape index (κ3) is 6.70. The number of rotatable bonds is 10. The summed E-state index contributed by atoms with van der Waals surface area (Å²) in [5.74, 6) is 1.22. The molecule has 0 saturated carbocycles. The number of amides is 1. The summed E-state index contributed by atoms with van der Waals surface area (Å²) in [7, 11) is 0. The van der Waals surface area contributed by atoms with Gasteiger partial charge >= 0.3 is 6.01 Å². The summed E-state index contributed by atoms with van der Waals surface area (Å²) < 4.78 is 26.3. The van der Waals surface area contributed by atoms with E-state index in [1.54, 1.807) is 19.1 Å². The van der Waals surface area contributed by atoms with E-state index in [1.165, 1.54) is 11.0 Å². The van der Waals surface area contributed by atoms with Gasteiger partial charge in [0.15, 0.2) is 5.82 Å². The van der Waals surface area contributed by atoms with E-state index in [9.17, 15) is 10.1 Å². The lowest BCUT2D eigenvalue weighted by Gasteiger charge is -2.33. The minimum Gasteiger partial charge on any atom is -0.493 e. The molecule has 0 spiro atoms. The first-order chi connectivity index (χ1) is 18.7. The van der Waals surface area contributed by atoms with E-state index < -0.39 is 23.8 Å². The normalized spacial score (nSPS) is 20.6. The number of aromatic nitrogens is 2. The van der Waals surface area contributed by atoms with E-state index in [0.29, 0.717) is 48.7 Å². The van der Waals surface area contributed by atoms with E-state index in [1.807, 2.05) is 13.8 Å². The Labute approximate surface area is 230 Å². The number of anilines is 1. The second-order valence-electron chi connectivity index (χ2n) is 11.3. The third-order valence-electron chi connectivity index (χ3n) is 8.38. The van der Waals surface area contributed by atoms with Crippen LogP contribution in [0.3, 0.4) is 0 Å². The number of benzene rings is 1. The molecule has 0 radical (unpaired) electrons. The second-order valence-corrected chi connectivity index (χ2v) is 11.3. The molecule has 2 fully saturated rings. The first-order valence-corrected chi connectivity index (χ1v) is 14.2. The largest absolute Gasteiger partial charge is 0.493 e. The fourth-order valence-corrected chi connectivity index (χ4v) is 5.58. The first-order valence-electron chi connectivity index (χ1n) is 14.2. The highest BCUT2D eigenvalue weighted by Crippen LogP contribution is 2.31. The van der Waals surface area contributed by atoms with Gasteiger partial charge in [-0.3, -0.25) is 4.79 Å². The van der Waals surface area contributed by atoms with Crippen molar-refractivity contribution in [3.63, 3.8) is 0 Å². The highest BCUT2D eigenvalue weighted by molar-refractivity contribution is 5.83. The summed E-state index contributed by atoms with van der Waals surface area (Å²) in [4.78, 5) is 21.0. The van der Waals surface area contributed by atoms with Gasteiger partial charge in [-0.05, 0) is 55.6 Å². The lowest BCUT2D eigenvalue weighted by atomic mass is 9.84. The Morgan fingerprint density at radius 3 is 2.62 bits per heavy atom. The summed E-state index contributed by atoms with van der Waals surface area (Å²) in [6.07, 6.45) is 4.40. The number of hydrogen-bond acceptors (Lipinski definition) is 8. The molecule has 4 atom stereocenters. The Morgan fingerprint density at radius 1 is 1.23 bits per heavy atom. The quantitative estimate of drug-likeness (QED) is 0.464. The van der Waals surface area contributed by atoms with Gasteiger partial charge in [0, 0.05) is 37.5 Å². The van der Waals surface area contributed by atoms with Crippen LogP contribution in [0.25, 0.3) is 0 Å². The Balaban J connectivity index is 1.23. The zero-order chi connectivity index (χ0) is 28.1. The molecule has 2 N–H and O–H groups in total. The molecule has 2 aliphatic rings. The maximum absolute atomic E-state index is 15.0. The number of carbonyl (C=O) groups excluding carboxylic acids is 1. The standard InChI is InChI=1S/C29H41FN6O3/c1-18(2)27-33-29(39-34-27)35-13-9-21(10-14-35)19(3)11-15-38-23-7-8-24(25(30)16-23)20(4)26(32)28(37)36-12-5-6-22(36)17-31/h7-8,16,18-22,26H,5-6,9-15,32H2,1-4H3/t19-,20+,22+,26+/m1/s1. The highest BCUT2D eigenvalue weighted by Gasteiger charge is 2.35. The average Bonchev–Trinajstić information content (AvgIpc) is 3.62. The molecule has 1 aromatic carbocycles. The molecule has 0 aliphatic carbocycles. The van der Waals surface area contributed by atoms with Gasteiger partial charge in [-0.15, -0.1) is 0 Å². The Morgan fingerprint density at radius 2 is 1.97 bits per heavy atom. The summed E-state index contributed by atoms with van der Waals surface area (Å²) in [6, 6.07) is 6.16. The lowest BCUT2D eigenvalue weighted by Crippen LogP contribution is -2.48. The third-order valence-corrected chi connectivity index (χ3v) is 8.38. The molecule has 0 unspecified atom stereocenters. The molecule has 1 amide bonds. The fraction of sp³-hybridized carbons (Fsp3) is 0.655. The number of halogens is 1.